The van der Waals surface area contributed by atoms with Gasteiger partial charge in [-0.25, -0.2) is 9.50 Å². The number of carbonyl (C=O) groups excluding carboxylic acids is 1. The zero-order chi connectivity index (χ0) is 17.9. The number of rotatable bonds is 6. The molecule has 0 radical (unpaired) electrons. The van der Waals surface area contributed by atoms with Crippen LogP contribution >= 0.6 is 11.3 Å². The normalized spacial score (nSPS) is 16.8. The zero-order valence-corrected chi connectivity index (χ0v) is 15.3. The topological polar surface area (TPSA) is 105 Å². The van der Waals surface area contributed by atoms with E-state index in [4.69, 9.17) is 0 Å². The first-order valence-electron chi connectivity index (χ1n) is 8.62. The third-order valence-corrected chi connectivity index (χ3v) is 5.11. The third kappa shape index (κ3) is 3.74. The maximum atomic E-state index is 12.4. The van der Waals surface area contributed by atoms with Crippen LogP contribution in [0.25, 0.3) is 4.96 Å². The second-order valence-electron chi connectivity index (χ2n) is 6.29. The molecule has 0 saturated carbocycles. The number of amides is 1. The first kappa shape index (κ1) is 17.1. The van der Waals surface area contributed by atoms with Crippen molar-refractivity contribution in [2.24, 2.45) is 0 Å². The van der Waals surface area contributed by atoms with Gasteiger partial charge < -0.3 is 10.6 Å². The minimum absolute atomic E-state index is 0.234. The third-order valence-electron chi connectivity index (χ3n) is 4.42. The van der Waals surface area contributed by atoms with E-state index in [9.17, 15) is 4.79 Å². The van der Waals surface area contributed by atoms with E-state index in [1.54, 1.807) is 20.9 Å². The Hall–Kier alpha value is -2.37. The van der Waals surface area contributed by atoms with Gasteiger partial charge in [0.15, 0.2) is 5.69 Å². The molecule has 3 aromatic heterocycles. The van der Waals surface area contributed by atoms with E-state index >= 15 is 0 Å². The predicted molar refractivity (Wildman–Crippen MR) is 96.1 cm³/mol. The monoisotopic (exact) mass is 375 g/mol. The van der Waals surface area contributed by atoms with Crippen molar-refractivity contribution in [3.63, 3.8) is 0 Å². The summed E-state index contributed by atoms with van der Waals surface area (Å²) in [4.78, 5) is 20.0. The van der Waals surface area contributed by atoms with E-state index in [1.165, 1.54) is 11.3 Å². The fraction of sp³-hybridized carbons (Fsp3) is 0.533. The second kappa shape index (κ2) is 7.48. The molecule has 3 aromatic rings. The summed E-state index contributed by atoms with van der Waals surface area (Å²) < 4.78 is 3.42. The molecule has 10 nitrogen and oxygen atoms in total. The van der Waals surface area contributed by atoms with Gasteiger partial charge in [-0.1, -0.05) is 16.6 Å². The van der Waals surface area contributed by atoms with Gasteiger partial charge in [0.25, 0.3) is 5.91 Å². The molecular formula is C15H21N9OS. The van der Waals surface area contributed by atoms with Gasteiger partial charge in [-0.15, -0.1) is 5.10 Å². The van der Waals surface area contributed by atoms with E-state index < -0.39 is 0 Å². The summed E-state index contributed by atoms with van der Waals surface area (Å²) in [5.74, 6) is -0.254. The van der Waals surface area contributed by atoms with Crippen LogP contribution in [0.4, 0.5) is 0 Å². The average Bonchev–Trinajstić information content (AvgIpc) is 3.36. The highest BCUT2D eigenvalue weighted by molar-refractivity contribution is 7.14. The molecule has 11 heteroatoms. The fourth-order valence-electron chi connectivity index (χ4n) is 2.90. The van der Waals surface area contributed by atoms with Crippen molar-refractivity contribution in [1.29, 1.82) is 0 Å². The van der Waals surface area contributed by atoms with Crippen LogP contribution in [-0.2, 0) is 6.54 Å². The van der Waals surface area contributed by atoms with Crippen LogP contribution in [0, 0.1) is 0 Å². The summed E-state index contributed by atoms with van der Waals surface area (Å²) in [6, 6.07) is -0.234. The Morgan fingerprint density at radius 3 is 3.00 bits per heavy atom. The van der Waals surface area contributed by atoms with Gasteiger partial charge in [0.1, 0.15) is 5.51 Å². The second-order valence-corrected chi connectivity index (χ2v) is 7.10. The summed E-state index contributed by atoms with van der Waals surface area (Å²) >= 11 is 1.46. The van der Waals surface area contributed by atoms with Gasteiger partial charge in [0.2, 0.25) is 4.96 Å². The van der Waals surface area contributed by atoms with E-state index in [1.807, 2.05) is 13.1 Å². The minimum Gasteiger partial charge on any atom is -0.342 e. The number of aromatic nitrogens is 6. The lowest BCUT2D eigenvalue weighted by molar-refractivity contribution is 0.0934. The van der Waals surface area contributed by atoms with E-state index in [-0.39, 0.29) is 11.9 Å². The quantitative estimate of drug-likeness (QED) is 0.613. The van der Waals surface area contributed by atoms with Crippen molar-refractivity contribution in [2.45, 2.75) is 19.5 Å². The first-order valence-corrected chi connectivity index (χ1v) is 9.50. The Labute approximate surface area is 154 Å². The smallest absolute Gasteiger partial charge is 0.273 e. The molecule has 1 saturated heterocycles. The number of nitrogens with zero attached hydrogens (tertiary/aromatic N) is 7. The molecule has 0 spiro atoms. The first-order chi connectivity index (χ1) is 12.7. The van der Waals surface area contributed by atoms with Gasteiger partial charge in [0.05, 0.1) is 30.7 Å². The Kier molecular flexibility index (Phi) is 4.91. The maximum Gasteiger partial charge on any atom is 0.273 e. The molecule has 0 bridgehead atoms. The average molecular weight is 375 g/mol. The van der Waals surface area contributed by atoms with Crippen molar-refractivity contribution >= 4 is 22.2 Å². The Balaban J connectivity index is 1.32. The lowest BCUT2D eigenvalue weighted by Crippen LogP contribution is -2.44. The summed E-state index contributed by atoms with van der Waals surface area (Å²) in [6.07, 6.45) is 3.51. The standard InChI is InChI=1S/C15H21N9OS/c1-11(12-9-24-15(19-12)26-10-17-24)18-14(25)13-8-23(21-20-13)7-6-22-4-2-16-3-5-22/h8-11,16H,2-7H2,1H3,(H,18,25)/t11-/m0/s1. The molecule has 4 heterocycles. The van der Waals surface area contributed by atoms with Gasteiger partial charge in [-0.2, -0.15) is 5.10 Å². The van der Waals surface area contributed by atoms with E-state index in [2.05, 4.69) is 35.9 Å². The van der Waals surface area contributed by atoms with Crippen molar-refractivity contribution < 1.29 is 4.79 Å². The van der Waals surface area contributed by atoms with Crippen molar-refractivity contribution in [3.05, 3.63) is 29.3 Å². The predicted octanol–water partition coefficient (Wildman–Crippen LogP) is -0.221. The van der Waals surface area contributed by atoms with Crippen LogP contribution < -0.4 is 10.6 Å². The fourth-order valence-corrected chi connectivity index (χ4v) is 3.51. The molecule has 26 heavy (non-hydrogen) atoms. The highest BCUT2D eigenvalue weighted by Crippen LogP contribution is 2.15. The lowest BCUT2D eigenvalue weighted by atomic mass is 10.2. The summed E-state index contributed by atoms with van der Waals surface area (Å²) in [6.45, 7) is 7.63. The molecular weight excluding hydrogens is 354 g/mol. The van der Waals surface area contributed by atoms with E-state index in [0.29, 0.717) is 5.69 Å². The summed E-state index contributed by atoms with van der Waals surface area (Å²) in [7, 11) is 0. The van der Waals surface area contributed by atoms with Crippen molar-refractivity contribution in [3.8, 4) is 0 Å². The van der Waals surface area contributed by atoms with Gasteiger partial charge in [-0.3, -0.25) is 14.4 Å². The number of fused-ring (bicyclic) bond motifs is 1. The maximum absolute atomic E-state index is 12.4. The Morgan fingerprint density at radius 2 is 2.19 bits per heavy atom. The lowest BCUT2D eigenvalue weighted by Gasteiger charge is -2.26. The number of hydrogen-bond donors (Lipinski definition) is 2. The van der Waals surface area contributed by atoms with Gasteiger partial charge in [-0.05, 0) is 6.92 Å². The van der Waals surface area contributed by atoms with Gasteiger partial charge >= 0.3 is 0 Å². The molecule has 1 aliphatic rings. The number of piperazine rings is 1. The minimum atomic E-state index is -0.254. The highest BCUT2D eigenvalue weighted by Gasteiger charge is 2.18. The molecule has 1 atom stereocenters. The molecule has 138 valence electrons. The van der Waals surface area contributed by atoms with Crippen LogP contribution in [0.15, 0.2) is 17.9 Å². The molecule has 0 aliphatic carbocycles. The SMILES string of the molecule is C[C@H](NC(=O)c1cn(CCN2CCNCC2)nn1)c1cn2ncsc2n1. The molecule has 1 aliphatic heterocycles. The number of carbonyl (C=O) groups is 1. The Morgan fingerprint density at radius 1 is 1.35 bits per heavy atom. The van der Waals surface area contributed by atoms with Crippen LogP contribution in [0.5, 0.6) is 0 Å². The molecule has 1 amide bonds. The van der Waals surface area contributed by atoms with E-state index in [0.717, 1.165) is 49.9 Å². The molecule has 2 N–H and O–H groups in total. The van der Waals surface area contributed by atoms with Gasteiger partial charge in [0, 0.05) is 32.7 Å². The van der Waals surface area contributed by atoms with Crippen molar-refractivity contribution in [2.75, 3.05) is 32.7 Å². The highest BCUT2D eigenvalue weighted by atomic mass is 32.1. The van der Waals surface area contributed by atoms with Crippen LogP contribution in [-0.4, -0.2) is 73.1 Å². The molecule has 1 fully saturated rings. The van der Waals surface area contributed by atoms with Crippen molar-refractivity contribution in [1.82, 2.24) is 45.1 Å². The van der Waals surface area contributed by atoms with Crippen LogP contribution in [0.1, 0.15) is 29.1 Å². The van der Waals surface area contributed by atoms with Crippen LogP contribution in [0.3, 0.4) is 0 Å². The molecule has 4 rings (SSSR count). The number of nitrogens with one attached hydrogen (secondary N) is 2. The number of hydrogen-bond acceptors (Lipinski definition) is 8. The largest absolute Gasteiger partial charge is 0.342 e. The molecule has 0 aromatic carbocycles. The van der Waals surface area contributed by atoms with Crippen LogP contribution in [0.2, 0.25) is 0 Å². The number of imidazole rings is 1. The Bertz CT molecular complexity index is 850. The zero-order valence-electron chi connectivity index (χ0n) is 14.5. The summed E-state index contributed by atoms with van der Waals surface area (Å²) in [5, 5.41) is 18.4. The summed E-state index contributed by atoms with van der Waals surface area (Å²) in [5.41, 5.74) is 2.81. The molecule has 0 unspecified atom stereocenters.